The molecule has 4 aromatic rings. The van der Waals surface area contributed by atoms with Crippen LogP contribution in [0.3, 0.4) is 0 Å². The largest absolute Gasteiger partial charge is 0.444 e. The first-order valence-electron chi connectivity index (χ1n) is 13.2. The second-order valence-corrected chi connectivity index (χ2v) is 11.8. The first-order chi connectivity index (χ1) is 19.1. The van der Waals surface area contributed by atoms with Crippen LogP contribution in [0.2, 0.25) is 5.02 Å². The number of amides is 2. The van der Waals surface area contributed by atoms with Crippen molar-refractivity contribution in [3.05, 3.63) is 65.4 Å². The Hall–Kier alpha value is -4.18. The molecule has 2 bridgehead atoms. The lowest BCUT2D eigenvalue weighted by molar-refractivity contribution is 0.0135. The molecule has 0 radical (unpaired) electrons. The van der Waals surface area contributed by atoms with Crippen molar-refractivity contribution in [3.8, 4) is 11.3 Å². The van der Waals surface area contributed by atoms with Gasteiger partial charge in [-0.1, -0.05) is 29.8 Å². The average molecular weight is 560 g/mol. The van der Waals surface area contributed by atoms with Crippen molar-refractivity contribution in [3.63, 3.8) is 0 Å². The number of anilines is 2. The lowest BCUT2D eigenvalue weighted by atomic mass is 10.1. The fourth-order valence-corrected chi connectivity index (χ4v) is 5.95. The summed E-state index contributed by atoms with van der Waals surface area (Å²) in [5.41, 5.74) is 8.89. The number of benzene rings is 2. The van der Waals surface area contributed by atoms with Gasteiger partial charge in [-0.05, 0) is 69.9 Å². The highest BCUT2D eigenvalue weighted by Gasteiger charge is 2.49. The monoisotopic (exact) mass is 559 g/mol. The van der Waals surface area contributed by atoms with Crippen LogP contribution in [0.4, 0.5) is 16.3 Å². The van der Waals surface area contributed by atoms with Gasteiger partial charge in [0, 0.05) is 28.4 Å². The Morgan fingerprint density at radius 3 is 2.52 bits per heavy atom. The Morgan fingerprint density at radius 1 is 1.07 bits per heavy atom. The van der Waals surface area contributed by atoms with E-state index in [2.05, 4.69) is 15.3 Å². The highest BCUT2D eigenvalue weighted by atomic mass is 35.5. The topological polar surface area (TPSA) is 128 Å². The number of piperidine rings is 1. The average Bonchev–Trinajstić information content (AvgIpc) is 3.61. The van der Waals surface area contributed by atoms with Gasteiger partial charge in [-0.2, -0.15) is 5.10 Å². The summed E-state index contributed by atoms with van der Waals surface area (Å²) in [4.78, 5) is 36.4. The third-order valence-electron chi connectivity index (χ3n) is 7.41. The highest BCUT2D eigenvalue weighted by Crippen LogP contribution is 2.46. The number of nitrogen functional groups attached to an aromatic ring is 1. The number of nitrogens with zero attached hydrogens (tertiary/aromatic N) is 5. The number of carbonyl (C=O) groups is 2. The number of hydrogen-bond acceptors (Lipinski definition) is 7. The van der Waals surface area contributed by atoms with Crippen molar-refractivity contribution >= 4 is 46.1 Å². The minimum Gasteiger partial charge on any atom is -0.444 e. The van der Waals surface area contributed by atoms with Crippen molar-refractivity contribution in [1.82, 2.24) is 24.6 Å². The first-order valence-corrected chi connectivity index (χ1v) is 13.6. The van der Waals surface area contributed by atoms with E-state index in [9.17, 15) is 9.59 Å². The van der Waals surface area contributed by atoms with Crippen molar-refractivity contribution in [2.45, 2.75) is 51.3 Å². The minimum absolute atomic E-state index is 0.0513. The highest BCUT2D eigenvalue weighted by molar-refractivity contribution is 6.31. The van der Waals surface area contributed by atoms with Crippen molar-refractivity contribution < 1.29 is 14.3 Å². The Balaban J connectivity index is 1.31. The smallest absolute Gasteiger partial charge is 0.410 e. The fraction of sp³-hybridized carbons (Fsp3) is 0.345. The van der Waals surface area contributed by atoms with Gasteiger partial charge in [-0.25, -0.2) is 19.4 Å². The quantitative estimate of drug-likeness (QED) is 0.335. The van der Waals surface area contributed by atoms with E-state index < -0.39 is 5.60 Å². The van der Waals surface area contributed by atoms with E-state index in [0.717, 1.165) is 18.4 Å². The van der Waals surface area contributed by atoms with Crippen LogP contribution in [0, 0.1) is 5.92 Å². The summed E-state index contributed by atoms with van der Waals surface area (Å²) < 4.78 is 7.58. The maximum Gasteiger partial charge on any atom is 0.410 e. The van der Waals surface area contributed by atoms with Gasteiger partial charge in [0.15, 0.2) is 5.65 Å². The van der Waals surface area contributed by atoms with Crippen molar-refractivity contribution in [2.24, 2.45) is 5.92 Å². The standard InChI is InChI=1S/C29H30ClN7O3/c1-29(2,3)40-28(39)36-14-16-11-21(36)22(12-16)37-26-23(25(31)32-15-33-26)24(35-37)17-7-9-18(10-8-17)27(38)34-20-6-4-5-19(30)13-20/h4-10,13,15-16,21-22H,11-12,14H2,1-3H3,(H,34,38)(H2,31,32,33). The second-order valence-electron chi connectivity index (χ2n) is 11.4. The Labute approximate surface area is 236 Å². The molecule has 10 nitrogen and oxygen atoms in total. The van der Waals surface area contributed by atoms with Gasteiger partial charge < -0.3 is 20.7 Å². The van der Waals surface area contributed by atoms with E-state index >= 15 is 0 Å². The number of carbonyl (C=O) groups excluding carboxylic acids is 2. The van der Waals surface area contributed by atoms with Crippen LogP contribution < -0.4 is 11.1 Å². The van der Waals surface area contributed by atoms with Crippen LogP contribution >= 0.6 is 11.6 Å². The van der Waals surface area contributed by atoms with Gasteiger partial charge in [0.1, 0.15) is 23.4 Å². The number of likely N-dealkylation sites (tertiary alicyclic amines) is 1. The zero-order valence-electron chi connectivity index (χ0n) is 22.5. The number of rotatable bonds is 4. The maximum absolute atomic E-state index is 13.0. The molecule has 2 aromatic carbocycles. The molecule has 40 heavy (non-hydrogen) atoms. The van der Waals surface area contributed by atoms with Crippen LogP contribution in [0.15, 0.2) is 54.9 Å². The predicted molar refractivity (Wildman–Crippen MR) is 153 cm³/mol. The summed E-state index contributed by atoms with van der Waals surface area (Å²) in [7, 11) is 0. The number of ether oxygens (including phenoxy) is 1. The van der Waals surface area contributed by atoms with Crippen LogP contribution in [-0.2, 0) is 4.74 Å². The summed E-state index contributed by atoms with van der Waals surface area (Å²) >= 11 is 6.04. The molecule has 2 aliphatic rings. The van der Waals surface area contributed by atoms with Gasteiger partial charge >= 0.3 is 6.09 Å². The molecule has 3 heterocycles. The molecule has 2 fully saturated rings. The van der Waals surface area contributed by atoms with E-state index in [1.54, 1.807) is 36.4 Å². The second kappa shape index (κ2) is 9.78. The predicted octanol–water partition coefficient (Wildman–Crippen LogP) is 5.55. The van der Waals surface area contributed by atoms with Gasteiger partial charge in [-0.3, -0.25) is 4.79 Å². The summed E-state index contributed by atoms with van der Waals surface area (Å²) in [5.74, 6) is 0.430. The SMILES string of the molecule is CC(C)(C)OC(=O)N1CC2CC1C(n1nc(-c3ccc(C(=O)Nc4cccc(Cl)c4)cc3)c3c(N)ncnc31)C2. The van der Waals surface area contributed by atoms with Crippen LogP contribution in [0.5, 0.6) is 0 Å². The molecule has 2 amide bonds. The lowest BCUT2D eigenvalue weighted by Gasteiger charge is -2.34. The molecular weight excluding hydrogens is 530 g/mol. The van der Waals surface area contributed by atoms with E-state index in [1.807, 2.05) is 42.5 Å². The van der Waals surface area contributed by atoms with Crippen molar-refractivity contribution in [2.75, 3.05) is 17.6 Å². The Morgan fingerprint density at radius 2 is 1.82 bits per heavy atom. The molecule has 3 N–H and O–H groups in total. The van der Waals surface area contributed by atoms with Crippen LogP contribution in [0.1, 0.15) is 50.0 Å². The minimum atomic E-state index is -0.571. The molecular formula is C29H30ClN7O3. The number of aromatic nitrogens is 4. The van der Waals surface area contributed by atoms with Gasteiger partial charge in [0.2, 0.25) is 0 Å². The molecule has 0 spiro atoms. The lowest BCUT2D eigenvalue weighted by Crippen LogP contribution is -2.45. The van der Waals surface area contributed by atoms with E-state index in [-0.39, 0.29) is 24.1 Å². The number of nitrogens with one attached hydrogen (secondary N) is 1. The molecule has 1 saturated heterocycles. The molecule has 2 aromatic heterocycles. The van der Waals surface area contributed by atoms with Crippen LogP contribution in [-0.4, -0.2) is 54.8 Å². The molecule has 11 heteroatoms. The number of halogens is 1. The maximum atomic E-state index is 13.0. The third-order valence-corrected chi connectivity index (χ3v) is 7.65. The summed E-state index contributed by atoms with van der Waals surface area (Å²) in [6.07, 6.45) is 2.90. The third kappa shape index (κ3) is 4.83. The summed E-state index contributed by atoms with van der Waals surface area (Å²) in [6.45, 7) is 6.29. The van der Waals surface area contributed by atoms with E-state index in [4.69, 9.17) is 27.2 Å². The number of fused-ring (bicyclic) bond motifs is 3. The van der Waals surface area contributed by atoms with Gasteiger partial charge in [0.25, 0.3) is 5.91 Å². The Kier molecular flexibility index (Phi) is 6.37. The van der Waals surface area contributed by atoms with E-state index in [1.165, 1.54) is 6.33 Å². The van der Waals surface area contributed by atoms with Crippen LogP contribution in [0.25, 0.3) is 22.3 Å². The first kappa shape index (κ1) is 26.1. The molecule has 3 unspecified atom stereocenters. The fourth-order valence-electron chi connectivity index (χ4n) is 5.76. The zero-order valence-corrected chi connectivity index (χ0v) is 23.2. The summed E-state index contributed by atoms with van der Waals surface area (Å²) in [5, 5.41) is 9.02. The van der Waals surface area contributed by atoms with E-state index in [0.29, 0.717) is 51.3 Å². The van der Waals surface area contributed by atoms with Gasteiger partial charge in [-0.15, -0.1) is 0 Å². The molecule has 6 rings (SSSR count). The van der Waals surface area contributed by atoms with Crippen molar-refractivity contribution in [1.29, 1.82) is 0 Å². The molecule has 206 valence electrons. The molecule has 3 atom stereocenters. The van der Waals surface area contributed by atoms with Gasteiger partial charge in [0.05, 0.1) is 17.5 Å². The molecule has 1 saturated carbocycles. The number of hydrogen-bond donors (Lipinski definition) is 2. The molecule has 1 aliphatic heterocycles. The number of nitrogens with two attached hydrogens (primary N) is 1. The molecule has 1 aliphatic carbocycles. The zero-order chi connectivity index (χ0) is 28.2. The normalized spacial score (nSPS) is 20.2. The summed E-state index contributed by atoms with van der Waals surface area (Å²) in [6, 6.07) is 14.0. The Bertz CT molecular complexity index is 1610.